The summed E-state index contributed by atoms with van der Waals surface area (Å²) in [6.07, 6.45) is 5.42. The van der Waals surface area contributed by atoms with E-state index in [1.54, 1.807) is 6.07 Å². The zero-order valence-corrected chi connectivity index (χ0v) is 14.4. The third-order valence-electron chi connectivity index (χ3n) is 5.79. The van der Waals surface area contributed by atoms with Crippen LogP contribution in [0.3, 0.4) is 0 Å². The number of carbonyl (C=O) groups is 1. The molecule has 2 fully saturated rings. The third-order valence-corrected chi connectivity index (χ3v) is 5.79. The third kappa shape index (κ3) is 2.42. The van der Waals surface area contributed by atoms with E-state index in [2.05, 4.69) is 9.88 Å². The van der Waals surface area contributed by atoms with Gasteiger partial charge in [-0.05, 0) is 49.8 Å². The highest BCUT2D eigenvalue weighted by atomic mass is 16.3. The number of carbonyl (C=O) groups excluding carboxylic acids is 1. The first kappa shape index (κ1) is 14.9. The van der Waals surface area contributed by atoms with Crippen LogP contribution in [-0.2, 0) is 6.42 Å². The molecule has 4 heterocycles. The van der Waals surface area contributed by atoms with Crippen molar-refractivity contribution in [2.24, 2.45) is 5.92 Å². The predicted molar refractivity (Wildman–Crippen MR) is 92.8 cm³/mol. The van der Waals surface area contributed by atoms with Gasteiger partial charge in [0.2, 0.25) is 5.95 Å². The Labute approximate surface area is 146 Å². The summed E-state index contributed by atoms with van der Waals surface area (Å²) < 4.78 is 5.51. The van der Waals surface area contributed by atoms with Gasteiger partial charge in [-0.1, -0.05) is 0 Å². The molecule has 0 spiro atoms. The second-order valence-electron chi connectivity index (χ2n) is 7.47. The van der Waals surface area contributed by atoms with Crippen molar-refractivity contribution in [2.45, 2.75) is 32.1 Å². The molecule has 0 N–H and O–H groups in total. The van der Waals surface area contributed by atoms with Crippen LogP contribution < -0.4 is 4.90 Å². The summed E-state index contributed by atoms with van der Waals surface area (Å²) in [5.74, 6) is 2.87. The first-order valence-corrected chi connectivity index (χ1v) is 9.15. The Kier molecular flexibility index (Phi) is 3.33. The van der Waals surface area contributed by atoms with Gasteiger partial charge in [-0.25, -0.2) is 9.97 Å². The fourth-order valence-electron chi connectivity index (χ4n) is 4.50. The van der Waals surface area contributed by atoms with E-state index in [1.165, 1.54) is 18.4 Å². The van der Waals surface area contributed by atoms with E-state index in [0.29, 0.717) is 17.6 Å². The Hall–Kier alpha value is -2.37. The summed E-state index contributed by atoms with van der Waals surface area (Å²) >= 11 is 0. The van der Waals surface area contributed by atoms with Gasteiger partial charge in [-0.15, -0.1) is 0 Å². The largest absolute Gasteiger partial charge is 0.456 e. The lowest BCUT2D eigenvalue weighted by Crippen LogP contribution is -2.29. The van der Waals surface area contributed by atoms with Crippen LogP contribution in [-0.4, -0.2) is 47.0 Å². The molecule has 1 aliphatic carbocycles. The maximum Gasteiger partial charge on any atom is 0.289 e. The lowest BCUT2D eigenvalue weighted by atomic mass is 9.99. The number of likely N-dealkylation sites (tertiary alicyclic amines) is 1. The zero-order valence-electron chi connectivity index (χ0n) is 14.4. The number of hydrogen-bond donors (Lipinski definition) is 0. The number of nitrogens with zero attached hydrogens (tertiary/aromatic N) is 4. The van der Waals surface area contributed by atoms with Gasteiger partial charge in [0.1, 0.15) is 5.76 Å². The molecule has 3 aliphatic rings. The Bertz CT molecular complexity index is 825. The highest BCUT2D eigenvalue weighted by molar-refractivity contribution is 5.91. The first-order chi connectivity index (χ1) is 12.2. The highest BCUT2D eigenvalue weighted by Gasteiger charge is 2.43. The van der Waals surface area contributed by atoms with Crippen LogP contribution >= 0.6 is 0 Å². The van der Waals surface area contributed by atoms with E-state index in [0.717, 1.165) is 50.0 Å². The van der Waals surface area contributed by atoms with Crippen molar-refractivity contribution in [1.29, 1.82) is 0 Å². The Balaban J connectivity index is 1.38. The van der Waals surface area contributed by atoms with Gasteiger partial charge in [-0.3, -0.25) is 4.79 Å². The van der Waals surface area contributed by atoms with Crippen LogP contribution in [0.25, 0.3) is 0 Å². The molecule has 6 nitrogen and oxygen atoms in total. The molecule has 2 saturated heterocycles. The molecular formula is C19H22N4O2. The normalized spacial score (nSPS) is 24.7. The second-order valence-corrected chi connectivity index (χ2v) is 7.47. The molecule has 0 saturated carbocycles. The molecule has 0 aromatic carbocycles. The lowest BCUT2D eigenvalue weighted by Gasteiger charge is -2.18. The van der Waals surface area contributed by atoms with Gasteiger partial charge < -0.3 is 14.2 Å². The number of amides is 1. The minimum Gasteiger partial charge on any atom is -0.456 e. The van der Waals surface area contributed by atoms with Crippen LogP contribution in [0, 0.1) is 12.8 Å². The van der Waals surface area contributed by atoms with Crippen LogP contribution in [0.4, 0.5) is 5.95 Å². The highest BCUT2D eigenvalue weighted by Crippen LogP contribution is 2.42. The molecule has 1 amide bonds. The molecule has 5 rings (SSSR count). The van der Waals surface area contributed by atoms with E-state index in [4.69, 9.17) is 9.40 Å². The molecule has 130 valence electrons. The average molecular weight is 338 g/mol. The second kappa shape index (κ2) is 5.58. The molecule has 2 aromatic rings. The van der Waals surface area contributed by atoms with Gasteiger partial charge in [0.15, 0.2) is 5.76 Å². The van der Waals surface area contributed by atoms with Gasteiger partial charge in [0.25, 0.3) is 5.91 Å². The van der Waals surface area contributed by atoms with Crippen molar-refractivity contribution in [1.82, 2.24) is 14.9 Å². The summed E-state index contributed by atoms with van der Waals surface area (Å²) in [5.41, 5.74) is 2.42. The van der Waals surface area contributed by atoms with Crippen LogP contribution in [0.2, 0.25) is 0 Å². The number of anilines is 1. The van der Waals surface area contributed by atoms with Crippen molar-refractivity contribution in [3.63, 3.8) is 0 Å². The lowest BCUT2D eigenvalue weighted by molar-refractivity contribution is 0.0752. The fourth-order valence-corrected chi connectivity index (χ4v) is 4.50. The minimum absolute atomic E-state index is 0.00197. The van der Waals surface area contributed by atoms with E-state index in [1.807, 2.05) is 24.1 Å². The number of furan rings is 1. The Morgan fingerprint density at radius 3 is 2.84 bits per heavy atom. The fraction of sp³-hybridized carbons (Fsp3) is 0.526. The van der Waals surface area contributed by atoms with E-state index >= 15 is 0 Å². The standard InChI is InChI=1S/C19H22N4O2/c1-12-4-5-16(25-12)18(24)23-10-14-8-13-9-20-19(22-6-2-3-7-22)21-17(13)15(14)11-23/h4-5,9,14-15H,2-3,6-8,10-11H2,1H3. The zero-order chi connectivity index (χ0) is 17.0. The molecule has 2 aromatic heterocycles. The summed E-state index contributed by atoms with van der Waals surface area (Å²) in [4.78, 5) is 26.4. The summed E-state index contributed by atoms with van der Waals surface area (Å²) in [6, 6.07) is 3.61. The van der Waals surface area contributed by atoms with E-state index in [-0.39, 0.29) is 5.91 Å². The Morgan fingerprint density at radius 2 is 2.08 bits per heavy atom. The van der Waals surface area contributed by atoms with Crippen LogP contribution in [0.5, 0.6) is 0 Å². The SMILES string of the molecule is Cc1ccc(C(=O)N2CC3Cc4cnc(N5CCCC5)nc4C3C2)o1. The molecule has 2 aliphatic heterocycles. The van der Waals surface area contributed by atoms with Crippen molar-refractivity contribution >= 4 is 11.9 Å². The molecule has 0 radical (unpaired) electrons. The maximum atomic E-state index is 12.7. The minimum atomic E-state index is -0.00197. The van der Waals surface area contributed by atoms with Crippen molar-refractivity contribution < 1.29 is 9.21 Å². The smallest absolute Gasteiger partial charge is 0.289 e. The van der Waals surface area contributed by atoms with Gasteiger partial charge in [0.05, 0.1) is 5.69 Å². The van der Waals surface area contributed by atoms with Gasteiger partial charge in [-0.2, -0.15) is 0 Å². The molecule has 2 atom stereocenters. The predicted octanol–water partition coefficient (Wildman–Crippen LogP) is 2.39. The molecule has 6 heteroatoms. The molecule has 25 heavy (non-hydrogen) atoms. The average Bonchev–Trinajstić information content (AvgIpc) is 3.37. The number of hydrogen-bond acceptors (Lipinski definition) is 5. The number of aromatic nitrogens is 2. The Morgan fingerprint density at radius 1 is 1.24 bits per heavy atom. The van der Waals surface area contributed by atoms with Crippen molar-refractivity contribution in [2.75, 3.05) is 31.1 Å². The quantitative estimate of drug-likeness (QED) is 0.841. The van der Waals surface area contributed by atoms with E-state index in [9.17, 15) is 4.79 Å². The maximum absolute atomic E-state index is 12.7. The molecule has 0 bridgehead atoms. The first-order valence-electron chi connectivity index (χ1n) is 9.15. The summed E-state index contributed by atoms with van der Waals surface area (Å²) in [5, 5.41) is 0. The molecular weight excluding hydrogens is 316 g/mol. The van der Waals surface area contributed by atoms with Crippen LogP contribution in [0.15, 0.2) is 22.7 Å². The number of fused-ring (bicyclic) bond motifs is 3. The number of aryl methyl sites for hydroxylation is 1. The molecule has 2 unspecified atom stereocenters. The van der Waals surface area contributed by atoms with Crippen LogP contribution in [0.1, 0.15) is 46.3 Å². The topological polar surface area (TPSA) is 62.5 Å². The summed E-state index contributed by atoms with van der Waals surface area (Å²) in [7, 11) is 0. The summed E-state index contributed by atoms with van der Waals surface area (Å²) in [6.45, 7) is 5.47. The number of rotatable bonds is 2. The van der Waals surface area contributed by atoms with Gasteiger partial charge >= 0.3 is 0 Å². The van der Waals surface area contributed by atoms with Crippen molar-refractivity contribution in [3.05, 3.63) is 41.1 Å². The van der Waals surface area contributed by atoms with Gasteiger partial charge in [0, 0.05) is 38.3 Å². The monoisotopic (exact) mass is 338 g/mol. The van der Waals surface area contributed by atoms with Crippen molar-refractivity contribution in [3.8, 4) is 0 Å². The van der Waals surface area contributed by atoms with E-state index < -0.39 is 0 Å².